The molecule has 0 saturated carbocycles. The van der Waals surface area contributed by atoms with Gasteiger partial charge in [0.05, 0.1) is 13.2 Å². The van der Waals surface area contributed by atoms with Crippen molar-refractivity contribution in [3.63, 3.8) is 0 Å². The monoisotopic (exact) mass is 237 g/mol. The van der Waals surface area contributed by atoms with Crippen molar-refractivity contribution < 1.29 is 9.47 Å². The second kappa shape index (κ2) is 9.16. The molecule has 0 bridgehead atoms. The van der Waals surface area contributed by atoms with Crippen LogP contribution in [0.15, 0.2) is 30.3 Å². The first-order valence-corrected chi connectivity index (χ1v) is 6.17. The highest BCUT2D eigenvalue weighted by Gasteiger charge is 2.07. The molecule has 0 heterocycles. The second-order valence-corrected chi connectivity index (χ2v) is 4.00. The van der Waals surface area contributed by atoms with Crippen molar-refractivity contribution in [1.82, 2.24) is 5.32 Å². The minimum atomic E-state index is 0.419. The topological polar surface area (TPSA) is 30.5 Å². The molecule has 0 saturated heterocycles. The van der Waals surface area contributed by atoms with Gasteiger partial charge in [0.15, 0.2) is 0 Å². The van der Waals surface area contributed by atoms with Gasteiger partial charge >= 0.3 is 0 Å². The zero-order valence-corrected chi connectivity index (χ0v) is 10.8. The summed E-state index contributed by atoms with van der Waals surface area (Å²) in [5, 5.41) is 3.34. The lowest BCUT2D eigenvalue weighted by atomic mass is 10.0. The number of methoxy groups -OCH3 is 1. The largest absolute Gasteiger partial charge is 0.382 e. The van der Waals surface area contributed by atoms with Crippen LogP contribution in [0.3, 0.4) is 0 Å². The van der Waals surface area contributed by atoms with Gasteiger partial charge in [-0.25, -0.2) is 0 Å². The first-order valence-electron chi connectivity index (χ1n) is 6.17. The summed E-state index contributed by atoms with van der Waals surface area (Å²) in [6.07, 6.45) is 2.15. The smallest absolute Gasteiger partial charge is 0.0700 e. The van der Waals surface area contributed by atoms with Gasteiger partial charge in [-0.1, -0.05) is 30.3 Å². The van der Waals surface area contributed by atoms with Gasteiger partial charge in [-0.15, -0.1) is 0 Å². The maximum Gasteiger partial charge on any atom is 0.0700 e. The van der Waals surface area contributed by atoms with Crippen molar-refractivity contribution in [2.75, 3.05) is 34.0 Å². The maximum absolute atomic E-state index is 5.45. The molecule has 0 aliphatic carbocycles. The van der Waals surface area contributed by atoms with Crippen LogP contribution in [-0.2, 0) is 9.47 Å². The van der Waals surface area contributed by atoms with Crippen LogP contribution in [-0.4, -0.2) is 34.0 Å². The second-order valence-electron chi connectivity index (χ2n) is 4.00. The first-order chi connectivity index (χ1) is 8.38. The van der Waals surface area contributed by atoms with E-state index in [-0.39, 0.29) is 0 Å². The molecule has 0 aromatic heterocycles. The van der Waals surface area contributed by atoms with E-state index in [2.05, 4.69) is 29.6 Å². The molecule has 3 heteroatoms. The van der Waals surface area contributed by atoms with E-state index < -0.39 is 0 Å². The molecule has 0 aliphatic rings. The van der Waals surface area contributed by atoms with Crippen LogP contribution in [0.2, 0.25) is 0 Å². The lowest BCUT2D eigenvalue weighted by Gasteiger charge is -2.16. The summed E-state index contributed by atoms with van der Waals surface area (Å²) < 4.78 is 10.4. The highest BCUT2D eigenvalue weighted by Crippen LogP contribution is 2.17. The van der Waals surface area contributed by atoms with Crippen LogP contribution in [0.1, 0.15) is 24.4 Å². The lowest BCUT2D eigenvalue weighted by Crippen LogP contribution is -2.17. The Morgan fingerprint density at radius 3 is 2.53 bits per heavy atom. The Morgan fingerprint density at radius 1 is 1.12 bits per heavy atom. The molecule has 0 amide bonds. The van der Waals surface area contributed by atoms with Gasteiger partial charge in [0.1, 0.15) is 0 Å². The highest BCUT2D eigenvalue weighted by molar-refractivity contribution is 5.18. The zero-order valence-electron chi connectivity index (χ0n) is 10.8. The summed E-state index contributed by atoms with van der Waals surface area (Å²) in [5.41, 5.74) is 1.34. The van der Waals surface area contributed by atoms with Gasteiger partial charge in [0, 0.05) is 19.8 Å². The van der Waals surface area contributed by atoms with Crippen molar-refractivity contribution >= 4 is 0 Å². The molecule has 0 fully saturated rings. The molecule has 1 aromatic rings. The van der Waals surface area contributed by atoms with Gasteiger partial charge in [0.25, 0.3) is 0 Å². The Bertz CT molecular complexity index is 277. The van der Waals surface area contributed by atoms with E-state index in [1.165, 1.54) is 5.56 Å². The number of hydrogen-bond acceptors (Lipinski definition) is 3. The molecule has 0 spiro atoms. The molecule has 0 aliphatic heterocycles. The van der Waals surface area contributed by atoms with Crippen molar-refractivity contribution in [3.05, 3.63) is 35.9 Å². The third-order valence-electron chi connectivity index (χ3n) is 2.76. The molecule has 1 aromatic carbocycles. The number of hydrogen-bond donors (Lipinski definition) is 1. The molecule has 3 nitrogen and oxygen atoms in total. The van der Waals surface area contributed by atoms with Crippen LogP contribution in [0, 0.1) is 0 Å². The fourth-order valence-corrected chi connectivity index (χ4v) is 1.80. The molecule has 1 N–H and O–H groups in total. The fraction of sp³-hybridized carbons (Fsp3) is 0.571. The third kappa shape index (κ3) is 5.82. The van der Waals surface area contributed by atoms with Gasteiger partial charge in [-0.2, -0.15) is 0 Å². The van der Waals surface area contributed by atoms with Crippen molar-refractivity contribution in [3.8, 4) is 0 Å². The van der Waals surface area contributed by atoms with E-state index in [1.54, 1.807) is 7.11 Å². The van der Waals surface area contributed by atoms with E-state index >= 15 is 0 Å². The molecule has 1 unspecified atom stereocenters. The summed E-state index contributed by atoms with van der Waals surface area (Å²) in [6.45, 7) is 2.16. The van der Waals surface area contributed by atoms with Crippen molar-refractivity contribution in [1.29, 1.82) is 0 Å². The number of benzene rings is 1. The van der Waals surface area contributed by atoms with E-state index in [1.807, 2.05) is 13.1 Å². The standard InChI is InChI=1S/C14H23NO2/c1-15-14(13-7-4-3-5-8-13)9-6-10-17-12-11-16-2/h3-5,7-8,14-15H,6,9-12H2,1-2H3. The van der Waals surface area contributed by atoms with Crippen LogP contribution >= 0.6 is 0 Å². The molecule has 1 atom stereocenters. The van der Waals surface area contributed by atoms with Crippen LogP contribution in [0.4, 0.5) is 0 Å². The normalized spacial score (nSPS) is 12.6. The Balaban J connectivity index is 2.20. The summed E-state index contributed by atoms with van der Waals surface area (Å²) >= 11 is 0. The quantitative estimate of drug-likeness (QED) is 0.669. The molecular formula is C14H23NO2. The zero-order chi connectivity index (χ0) is 12.3. The predicted octanol–water partition coefficient (Wildman–Crippen LogP) is 2.39. The predicted molar refractivity (Wildman–Crippen MR) is 70.2 cm³/mol. The first kappa shape index (κ1) is 14.2. The SMILES string of the molecule is CNC(CCCOCCOC)c1ccccc1. The molecule has 17 heavy (non-hydrogen) atoms. The van der Waals surface area contributed by atoms with Gasteiger partial charge in [-0.3, -0.25) is 0 Å². The summed E-state index contributed by atoms with van der Waals surface area (Å²) in [6, 6.07) is 10.9. The number of nitrogens with one attached hydrogen (secondary N) is 1. The highest BCUT2D eigenvalue weighted by atomic mass is 16.5. The van der Waals surface area contributed by atoms with E-state index in [4.69, 9.17) is 9.47 Å². The Hall–Kier alpha value is -0.900. The van der Waals surface area contributed by atoms with Gasteiger partial charge in [0.2, 0.25) is 0 Å². The molecular weight excluding hydrogens is 214 g/mol. The minimum Gasteiger partial charge on any atom is -0.382 e. The summed E-state index contributed by atoms with van der Waals surface area (Å²) in [7, 11) is 3.69. The van der Waals surface area contributed by atoms with E-state index in [9.17, 15) is 0 Å². The number of rotatable bonds is 9. The van der Waals surface area contributed by atoms with Crippen LogP contribution in [0.25, 0.3) is 0 Å². The summed E-state index contributed by atoms with van der Waals surface area (Å²) in [4.78, 5) is 0. The van der Waals surface area contributed by atoms with Crippen molar-refractivity contribution in [2.24, 2.45) is 0 Å². The molecule has 0 radical (unpaired) electrons. The summed E-state index contributed by atoms with van der Waals surface area (Å²) in [5.74, 6) is 0. The van der Waals surface area contributed by atoms with Gasteiger partial charge < -0.3 is 14.8 Å². The van der Waals surface area contributed by atoms with Crippen LogP contribution in [0.5, 0.6) is 0 Å². The Morgan fingerprint density at radius 2 is 1.88 bits per heavy atom. The average Bonchev–Trinajstić information content (AvgIpc) is 2.39. The van der Waals surface area contributed by atoms with Crippen LogP contribution < -0.4 is 5.32 Å². The van der Waals surface area contributed by atoms with E-state index in [0.717, 1.165) is 19.4 Å². The molecule has 96 valence electrons. The minimum absolute atomic E-state index is 0.419. The lowest BCUT2D eigenvalue weighted by molar-refractivity contribution is 0.0679. The Kier molecular flexibility index (Phi) is 7.63. The average molecular weight is 237 g/mol. The fourth-order valence-electron chi connectivity index (χ4n) is 1.80. The maximum atomic E-state index is 5.45. The number of ether oxygens (including phenoxy) is 2. The Labute approximate surface area is 104 Å². The molecule has 1 rings (SSSR count). The van der Waals surface area contributed by atoms with Crippen molar-refractivity contribution in [2.45, 2.75) is 18.9 Å². The van der Waals surface area contributed by atoms with E-state index in [0.29, 0.717) is 19.3 Å². The third-order valence-corrected chi connectivity index (χ3v) is 2.76. The van der Waals surface area contributed by atoms with Gasteiger partial charge in [-0.05, 0) is 25.5 Å².